The second kappa shape index (κ2) is 6.33. The van der Waals surface area contributed by atoms with Crippen molar-refractivity contribution in [2.45, 2.75) is 44.2 Å². The minimum absolute atomic E-state index is 0.138. The summed E-state index contributed by atoms with van der Waals surface area (Å²) >= 11 is 3.44. The predicted octanol–water partition coefficient (Wildman–Crippen LogP) is 3.68. The normalized spacial score (nSPS) is 25.3. The third-order valence-corrected chi connectivity index (χ3v) is 4.76. The molecule has 2 rings (SSSR count). The number of halogens is 2. The summed E-state index contributed by atoms with van der Waals surface area (Å²) in [7, 11) is 1.96. The third kappa shape index (κ3) is 3.56. The van der Waals surface area contributed by atoms with E-state index >= 15 is 0 Å². The molecule has 0 radical (unpaired) electrons. The zero-order chi connectivity index (χ0) is 13.9. The van der Waals surface area contributed by atoms with E-state index in [-0.39, 0.29) is 17.5 Å². The van der Waals surface area contributed by atoms with Crippen LogP contribution in [0.1, 0.15) is 31.7 Å². The van der Waals surface area contributed by atoms with Gasteiger partial charge in [-0.05, 0) is 57.4 Å². The Morgan fingerprint density at radius 2 is 2.26 bits per heavy atom. The van der Waals surface area contributed by atoms with Crippen LogP contribution in [0.3, 0.4) is 0 Å². The molecule has 0 aromatic heterocycles. The average Bonchev–Trinajstić information content (AvgIpc) is 2.38. The number of benzene rings is 1. The molecule has 19 heavy (non-hydrogen) atoms. The van der Waals surface area contributed by atoms with Crippen LogP contribution in [-0.4, -0.2) is 25.3 Å². The van der Waals surface area contributed by atoms with Crippen LogP contribution in [0.25, 0.3) is 0 Å². The lowest BCUT2D eigenvalue weighted by Crippen LogP contribution is -2.52. The highest BCUT2D eigenvalue weighted by Crippen LogP contribution is 2.31. The number of hydrogen-bond donors (Lipinski definition) is 1. The van der Waals surface area contributed by atoms with Gasteiger partial charge in [-0.1, -0.05) is 22.0 Å². The molecule has 0 amide bonds. The van der Waals surface area contributed by atoms with Gasteiger partial charge in [-0.15, -0.1) is 0 Å². The summed E-state index contributed by atoms with van der Waals surface area (Å²) in [5.74, 6) is -0.211. The summed E-state index contributed by atoms with van der Waals surface area (Å²) in [6.07, 6.45) is 4.25. The number of ether oxygens (including phenoxy) is 1. The number of hydrogen-bond acceptors (Lipinski definition) is 2. The fourth-order valence-corrected chi connectivity index (χ4v) is 3.27. The molecule has 1 aromatic carbocycles. The minimum Gasteiger partial charge on any atom is -0.374 e. The molecule has 2 unspecified atom stereocenters. The molecule has 4 heteroatoms. The van der Waals surface area contributed by atoms with E-state index in [0.717, 1.165) is 35.9 Å². The SMILES string of the molecule is CNC(Cc1ccc(F)cc1Br)C1(C)CCCCO1. The van der Waals surface area contributed by atoms with Gasteiger partial charge in [-0.3, -0.25) is 0 Å². The first-order valence-electron chi connectivity index (χ1n) is 6.80. The largest absolute Gasteiger partial charge is 0.374 e. The molecule has 0 saturated carbocycles. The fraction of sp³-hybridized carbons (Fsp3) is 0.600. The van der Waals surface area contributed by atoms with Crippen molar-refractivity contribution in [3.63, 3.8) is 0 Å². The second-order valence-corrected chi connectivity index (χ2v) is 6.25. The Morgan fingerprint density at radius 1 is 1.47 bits per heavy atom. The summed E-state index contributed by atoms with van der Waals surface area (Å²) in [5, 5.41) is 3.36. The highest BCUT2D eigenvalue weighted by Gasteiger charge is 2.36. The van der Waals surface area contributed by atoms with Crippen molar-refractivity contribution >= 4 is 15.9 Å². The molecule has 1 saturated heterocycles. The maximum atomic E-state index is 13.1. The van der Waals surface area contributed by atoms with Gasteiger partial charge in [0.15, 0.2) is 0 Å². The van der Waals surface area contributed by atoms with Crippen molar-refractivity contribution in [3.8, 4) is 0 Å². The Kier molecular flexibility index (Phi) is 4.98. The maximum Gasteiger partial charge on any atom is 0.124 e. The zero-order valence-corrected chi connectivity index (χ0v) is 13.1. The Morgan fingerprint density at radius 3 is 2.84 bits per heavy atom. The third-order valence-electron chi connectivity index (χ3n) is 4.02. The van der Waals surface area contributed by atoms with Crippen molar-refractivity contribution in [1.82, 2.24) is 5.32 Å². The van der Waals surface area contributed by atoms with E-state index in [0.29, 0.717) is 0 Å². The molecule has 1 aromatic rings. The van der Waals surface area contributed by atoms with Crippen LogP contribution in [-0.2, 0) is 11.2 Å². The van der Waals surface area contributed by atoms with Gasteiger partial charge in [0.1, 0.15) is 5.82 Å². The van der Waals surface area contributed by atoms with E-state index in [4.69, 9.17) is 4.74 Å². The monoisotopic (exact) mass is 329 g/mol. The lowest BCUT2D eigenvalue weighted by molar-refractivity contribution is -0.0871. The van der Waals surface area contributed by atoms with Crippen LogP contribution >= 0.6 is 15.9 Å². The van der Waals surface area contributed by atoms with Gasteiger partial charge in [0.25, 0.3) is 0 Å². The molecule has 2 atom stereocenters. The number of nitrogens with one attached hydrogen (secondary N) is 1. The summed E-state index contributed by atoms with van der Waals surface area (Å²) in [5.41, 5.74) is 0.969. The van der Waals surface area contributed by atoms with Gasteiger partial charge in [-0.2, -0.15) is 0 Å². The van der Waals surface area contributed by atoms with Gasteiger partial charge in [0.05, 0.1) is 5.60 Å². The summed E-state index contributed by atoms with van der Waals surface area (Å²) in [6, 6.07) is 5.11. The number of likely N-dealkylation sites (N-methyl/N-ethyl adjacent to an activating group) is 1. The maximum absolute atomic E-state index is 13.1. The smallest absolute Gasteiger partial charge is 0.124 e. The van der Waals surface area contributed by atoms with Gasteiger partial charge >= 0.3 is 0 Å². The quantitative estimate of drug-likeness (QED) is 0.909. The lowest BCUT2D eigenvalue weighted by atomic mass is 9.85. The Hall–Kier alpha value is -0.450. The molecule has 0 spiro atoms. The first-order chi connectivity index (χ1) is 9.05. The van der Waals surface area contributed by atoms with E-state index < -0.39 is 0 Å². The van der Waals surface area contributed by atoms with Crippen molar-refractivity contribution in [2.75, 3.05) is 13.7 Å². The van der Waals surface area contributed by atoms with E-state index in [9.17, 15) is 4.39 Å². The molecule has 0 bridgehead atoms. The highest BCUT2D eigenvalue weighted by molar-refractivity contribution is 9.10. The van der Waals surface area contributed by atoms with E-state index in [1.54, 1.807) is 0 Å². The van der Waals surface area contributed by atoms with Gasteiger partial charge in [-0.25, -0.2) is 4.39 Å². The molecule has 2 nitrogen and oxygen atoms in total. The van der Waals surface area contributed by atoms with Crippen molar-refractivity contribution in [1.29, 1.82) is 0 Å². The second-order valence-electron chi connectivity index (χ2n) is 5.40. The minimum atomic E-state index is -0.211. The first-order valence-corrected chi connectivity index (χ1v) is 7.59. The molecule has 106 valence electrons. The van der Waals surface area contributed by atoms with Crippen LogP contribution in [0.15, 0.2) is 22.7 Å². The van der Waals surface area contributed by atoms with Crippen LogP contribution in [0, 0.1) is 5.82 Å². The molecule has 1 aliphatic rings. The van der Waals surface area contributed by atoms with Crippen LogP contribution < -0.4 is 5.32 Å². The van der Waals surface area contributed by atoms with Crippen LogP contribution in [0.2, 0.25) is 0 Å². The highest BCUT2D eigenvalue weighted by atomic mass is 79.9. The molecule has 1 fully saturated rings. The summed E-state index contributed by atoms with van der Waals surface area (Å²) in [6.45, 7) is 3.00. The molecular weight excluding hydrogens is 309 g/mol. The Bertz CT molecular complexity index is 432. The lowest BCUT2D eigenvalue weighted by Gasteiger charge is -2.40. The van der Waals surface area contributed by atoms with Crippen molar-refractivity contribution in [3.05, 3.63) is 34.1 Å². The Balaban J connectivity index is 2.14. The standard InChI is InChI=1S/C15H21BrFNO/c1-15(7-3-4-8-19-15)14(18-2)9-11-5-6-12(17)10-13(11)16/h5-6,10,14,18H,3-4,7-9H2,1-2H3. The molecular formula is C15H21BrFNO. The van der Waals surface area contributed by atoms with Crippen LogP contribution in [0.5, 0.6) is 0 Å². The number of rotatable bonds is 4. The van der Waals surface area contributed by atoms with Crippen LogP contribution in [0.4, 0.5) is 4.39 Å². The van der Waals surface area contributed by atoms with Gasteiger partial charge < -0.3 is 10.1 Å². The topological polar surface area (TPSA) is 21.3 Å². The van der Waals surface area contributed by atoms with E-state index in [1.807, 2.05) is 13.1 Å². The van der Waals surface area contributed by atoms with Crippen molar-refractivity contribution in [2.24, 2.45) is 0 Å². The Labute approximate surface area is 122 Å². The molecule has 0 aliphatic carbocycles. The summed E-state index contributed by atoms with van der Waals surface area (Å²) < 4.78 is 20.0. The fourth-order valence-electron chi connectivity index (χ4n) is 2.76. The predicted molar refractivity (Wildman–Crippen MR) is 78.9 cm³/mol. The molecule has 1 aliphatic heterocycles. The zero-order valence-electron chi connectivity index (χ0n) is 11.5. The average molecular weight is 330 g/mol. The van der Waals surface area contributed by atoms with E-state index in [1.165, 1.54) is 18.6 Å². The summed E-state index contributed by atoms with van der Waals surface area (Å²) in [4.78, 5) is 0. The van der Waals surface area contributed by atoms with Crippen molar-refractivity contribution < 1.29 is 9.13 Å². The van der Waals surface area contributed by atoms with Gasteiger partial charge in [0, 0.05) is 17.1 Å². The van der Waals surface area contributed by atoms with Gasteiger partial charge in [0.2, 0.25) is 0 Å². The molecule has 1 N–H and O–H groups in total. The molecule has 1 heterocycles. The first kappa shape index (κ1) is 14.9. The van der Waals surface area contributed by atoms with E-state index in [2.05, 4.69) is 28.2 Å².